The first-order valence-corrected chi connectivity index (χ1v) is 11.1. The van der Waals surface area contributed by atoms with Crippen molar-refractivity contribution in [3.8, 4) is 0 Å². The van der Waals surface area contributed by atoms with Gasteiger partial charge in [0.25, 0.3) is 0 Å². The summed E-state index contributed by atoms with van der Waals surface area (Å²) in [6.45, 7) is 11.8. The van der Waals surface area contributed by atoms with E-state index in [9.17, 15) is 0 Å². The molecule has 0 saturated carbocycles. The Bertz CT molecular complexity index is 394. The van der Waals surface area contributed by atoms with Crippen molar-refractivity contribution in [2.75, 3.05) is 0 Å². The zero-order valence-corrected chi connectivity index (χ0v) is 22.1. The molecular weight excluding hydrogens is 525 g/mol. The first-order valence-electron chi connectivity index (χ1n) is 9.30. The molecule has 0 aliphatic heterocycles. The molecule has 0 unspecified atom stereocenters. The maximum atomic E-state index is 2.38. The number of hydrogen-bond acceptors (Lipinski definition) is 0. The van der Waals surface area contributed by atoms with Crippen LogP contribution in [0.2, 0.25) is 0 Å². The Morgan fingerprint density at radius 1 is 0.625 bits per heavy atom. The molecule has 0 nitrogen and oxygen atoms in total. The minimum Gasteiger partial charge on any atom is -1.00 e. The van der Waals surface area contributed by atoms with E-state index in [0.717, 1.165) is 0 Å². The third kappa shape index (κ3) is 6.43. The average molecular weight is 560 g/mol. The molecule has 4 heteroatoms. The van der Waals surface area contributed by atoms with Crippen molar-refractivity contribution < 1.29 is 61.6 Å². The van der Waals surface area contributed by atoms with Crippen molar-refractivity contribution in [3.05, 3.63) is 20.0 Å². The molecule has 0 saturated heterocycles. The monoisotopic (exact) mass is 560 g/mol. The van der Waals surface area contributed by atoms with Gasteiger partial charge in [0.2, 0.25) is 0 Å². The molecule has 1 aliphatic rings. The predicted octanol–water partition coefficient (Wildman–Crippen LogP) is -1.90. The van der Waals surface area contributed by atoms with E-state index in [-0.39, 0.29) is 37.2 Å². The van der Waals surface area contributed by atoms with Crippen molar-refractivity contribution in [2.24, 2.45) is 5.41 Å². The molecule has 0 aromatic rings. The number of hydrogen-bond donors (Lipinski definition) is 0. The van der Waals surface area contributed by atoms with Gasteiger partial charge in [0.05, 0.1) is 0 Å². The quantitative estimate of drug-likeness (QED) is 0.274. The third-order valence-electron chi connectivity index (χ3n) is 4.94. The van der Waals surface area contributed by atoms with Crippen LogP contribution in [0.4, 0.5) is 0 Å². The van der Waals surface area contributed by atoms with Crippen LogP contribution in [0.15, 0.2) is 20.0 Å². The molecule has 0 amide bonds. The molecule has 0 atom stereocenters. The Balaban J connectivity index is -0.00000147. The molecule has 0 N–H and O–H groups in total. The Kier molecular flexibility index (Phi) is 19.1. The van der Waals surface area contributed by atoms with Crippen LogP contribution in [0.1, 0.15) is 98.8 Å². The van der Waals surface area contributed by atoms with Crippen LogP contribution in [0.3, 0.4) is 0 Å². The zero-order chi connectivity index (χ0) is 15.9. The minimum atomic E-state index is 0. The van der Waals surface area contributed by atoms with E-state index in [0.29, 0.717) is 5.41 Å². The Labute approximate surface area is 184 Å². The summed E-state index contributed by atoms with van der Waals surface area (Å²) in [5, 5.41) is 0. The van der Waals surface area contributed by atoms with E-state index in [4.69, 9.17) is 0 Å². The van der Waals surface area contributed by atoms with Gasteiger partial charge in [0, 0.05) is 0 Å². The van der Waals surface area contributed by atoms with Crippen LogP contribution in [0.25, 0.3) is 0 Å². The summed E-state index contributed by atoms with van der Waals surface area (Å²) >= 11 is 1.26. The number of rotatable bonds is 10. The van der Waals surface area contributed by atoms with Crippen LogP contribution >= 0.6 is 0 Å². The summed E-state index contributed by atoms with van der Waals surface area (Å²) in [4.78, 5) is 0. The summed E-state index contributed by atoms with van der Waals surface area (Å²) in [5.41, 5.74) is 5.99. The topological polar surface area (TPSA) is 0 Å². The van der Waals surface area contributed by atoms with E-state index < -0.39 is 0 Å². The number of halogens is 3. The fourth-order valence-electron chi connectivity index (χ4n) is 4.31. The normalized spacial score (nSPS) is 15.8. The minimum absolute atomic E-state index is 0. The Morgan fingerprint density at radius 3 is 1.42 bits per heavy atom. The van der Waals surface area contributed by atoms with Crippen molar-refractivity contribution in [1.29, 1.82) is 0 Å². The molecule has 0 heterocycles. The number of allylic oxidation sites excluding steroid dienone is 4. The SMILES string of the molecule is CCCC1=[C]([Hf+3])C(CCC)(CCC)C(CCC)=C1CCC.[Cl-].[Cl-].[Cl-]. The molecule has 0 bridgehead atoms. The van der Waals surface area contributed by atoms with Gasteiger partial charge in [-0.2, -0.15) is 0 Å². The molecule has 0 spiro atoms. The summed E-state index contributed by atoms with van der Waals surface area (Å²) in [6.07, 6.45) is 13.4. The average Bonchev–Trinajstić information content (AvgIpc) is 2.65. The standard InChI is InChI=1S/C20H35.3ClH.Hf/c1-6-11-17-16-20(14-9-4,15-10-5)19(13-8-3)18(17)12-7-2;;;;/h6-15H2,1-5H3;3*1H;/q;;;;+3/p-3. The maximum Gasteiger partial charge on any atom is -1.00 e. The van der Waals surface area contributed by atoms with Crippen LogP contribution in [0, 0.1) is 5.41 Å². The van der Waals surface area contributed by atoms with Gasteiger partial charge < -0.3 is 37.2 Å². The van der Waals surface area contributed by atoms with Gasteiger partial charge >= 0.3 is 149 Å². The second kappa shape index (κ2) is 15.3. The second-order valence-electron chi connectivity index (χ2n) is 6.64. The molecule has 0 aromatic carbocycles. The van der Waals surface area contributed by atoms with E-state index in [1.807, 2.05) is 20.0 Å². The van der Waals surface area contributed by atoms with Crippen LogP contribution in [0.5, 0.6) is 0 Å². The Morgan fingerprint density at radius 2 is 1.04 bits per heavy atom. The van der Waals surface area contributed by atoms with Gasteiger partial charge in [-0.05, 0) is 0 Å². The first kappa shape index (κ1) is 30.0. The van der Waals surface area contributed by atoms with Gasteiger partial charge in [-0.1, -0.05) is 0 Å². The molecule has 24 heavy (non-hydrogen) atoms. The van der Waals surface area contributed by atoms with E-state index in [1.165, 1.54) is 88.6 Å². The summed E-state index contributed by atoms with van der Waals surface area (Å²) in [5.74, 6) is 0. The van der Waals surface area contributed by atoms with Gasteiger partial charge in [0.15, 0.2) is 0 Å². The van der Waals surface area contributed by atoms with Gasteiger partial charge in [0.1, 0.15) is 0 Å². The molecule has 1 aliphatic carbocycles. The largest absolute Gasteiger partial charge is 1.00 e. The summed E-state index contributed by atoms with van der Waals surface area (Å²) < 4.78 is 1.89. The van der Waals surface area contributed by atoms with Crippen LogP contribution < -0.4 is 37.2 Å². The van der Waals surface area contributed by atoms with Crippen LogP contribution in [-0.2, 0) is 24.4 Å². The molecule has 140 valence electrons. The van der Waals surface area contributed by atoms with Crippen molar-refractivity contribution >= 4 is 0 Å². The first-order chi connectivity index (χ1) is 10.1. The fourth-order valence-corrected chi connectivity index (χ4v) is 6.74. The van der Waals surface area contributed by atoms with Crippen LogP contribution in [-0.4, -0.2) is 0 Å². The second-order valence-corrected chi connectivity index (χ2v) is 8.44. The summed E-state index contributed by atoms with van der Waals surface area (Å²) in [6, 6.07) is 0. The molecule has 0 radical (unpaired) electrons. The van der Waals surface area contributed by atoms with Gasteiger partial charge in [-0.25, -0.2) is 0 Å². The third-order valence-corrected chi connectivity index (χ3v) is 7.74. The molecule has 0 fully saturated rings. The molecular formula is C20H35Cl3Hf. The molecule has 1 rings (SSSR count). The van der Waals surface area contributed by atoms with Crippen molar-refractivity contribution in [1.82, 2.24) is 0 Å². The van der Waals surface area contributed by atoms with Gasteiger partial charge in [-0.3, -0.25) is 0 Å². The van der Waals surface area contributed by atoms with E-state index in [1.54, 1.807) is 0 Å². The maximum absolute atomic E-state index is 2.38. The Hall–Kier alpha value is 1.22. The summed E-state index contributed by atoms with van der Waals surface area (Å²) in [7, 11) is 0. The molecule has 0 aromatic heterocycles. The fraction of sp³-hybridized carbons (Fsp3) is 0.800. The smallest absolute Gasteiger partial charge is 1.00 e. The van der Waals surface area contributed by atoms with Gasteiger partial charge in [-0.15, -0.1) is 0 Å². The van der Waals surface area contributed by atoms with E-state index in [2.05, 4.69) is 34.6 Å². The zero-order valence-electron chi connectivity index (χ0n) is 16.2. The van der Waals surface area contributed by atoms with E-state index >= 15 is 0 Å². The predicted molar refractivity (Wildman–Crippen MR) is 91.0 cm³/mol. The van der Waals surface area contributed by atoms with Crippen molar-refractivity contribution in [3.63, 3.8) is 0 Å². The van der Waals surface area contributed by atoms with Crippen molar-refractivity contribution in [2.45, 2.75) is 98.8 Å².